The van der Waals surface area contributed by atoms with E-state index in [-0.39, 0.29) is 17.1 Å². The van der Waals surface area contributed by atoms with Crippen LogP contribution in [0.5, 0.6) is 0 Å². The molecule has 1 aromatic heterocycles. The van der Waals surface area contributed by atoms with Crippen molar-refractivity contribution >= 4 is 16.7 Å². The third-order valence-electron chi connectivity index (χ3n) is 2.99. The summed E-state index contributed by atoms with van der Waals surface area (Å²) in [5.41, 5.74) is 1.74. The zero-order chi connectivity index (χ0) is 11.3. The van der Waals surface area contributed by atoms with Gasteiger partial charge in [0.05, 0.1) is 17.7 Å². The highest BCUT2D eigenvalue weighted by Crippen LogP contribution is 2.38. The lowest BCUT2D eigenvalue weighted by Crippen LogP contribution is -2.07. The maximum Gasteiger partial charge on any atom is 0.248 e. The molecule has 1 heterocycles. The molecule has 0 saturated heterocycles. The standard InChI is InChI=1S/C11H8N2O3/c14-9-5-8(13(15)16)10-6-3-1-2-4-7(6)12-11(9)10/h1-4,8,12H,5H2. The summed E-state index contributed by atoms with van der Waals surface area (Å²) < 4.78 is 0. The van der Waals surface area contributed by atoms with Gasteiger partial charge >= 0.3 is 0 Å². The maximum absolute atomic E-state index is 11.6. The number of Topliss-reactive ketones (excluding diaryl/α,β-unsaturated/α-hetero) is 1. The summed E-state index contributed by atoms with van der Waals surface area (Å²) in [4.78, 5) is 25.1. The zero-order valence-electron chi connectivity index (χ0n) is 8.27. The molecular weight excluding hydrogens is 208 g/mol. The first-order valence-electron chi connectivity index (χ1n) is 4.96. The molecule has 1 aliphatic carbocycles. The van der Waals surface area contributed by atoms with Gasteiger partial charge in [-0.05, 0) is 6.07 Å². The summed E-state index contributed by atoms with van der Waals surface area (Å²) in [6.45, 7) is 0. The Hall–Kier alpha value is -2.17. The van der Waals surface area contributed by atoms with Crippen LogP contribution in [0.15, 0.2) is 24.3 Å². The van der Waals surface area contributed by atoms with Gasteiger partial charge in [0.1, 0.15) is 0 Å². The first-order valence-corrected chi connectivity index (χ1v) is 4.96. The Kier molecular flexibility index (Phi) is 1.65. The van der Waals surface area contributed by atoms with E-state index in [0.717, 1.165) is 10.9 Å². The van der Waals surface area contributed by atoms with Gasteiger partial charge in [-0.25, -0.2) is 0 Å². The number of ketones is 1. The van der Waals surface area contributed by atoms with E-state index in [1.807, 2.05) is 18.2 Å². The van der Waals surface area contributed by atoms with E-state index < -0.39 is 6.04 Å². The summed E-state index contributed by atoms with van der Waals surface area (Å²) in [6.07, 6.45) is -0.0288. The van der Waals surface area contributed by atoms with Crippen molar-refractivity contribution in [3.63, 3.8) is 0 Å². The molecule has 80 valence electrons. The highest BCUT2D eigenvalue weighted by Gasteiger charge is 2.40. The Morgan fingerprint density at radius 1 is 1.38 bits per heavy atom. The molecule has 5 nitrogen and oxygen atoms in total. The summed E-state index contributed by atoms with van der Waals surface area (Å²) >= 11 is 0. The smallest absolute Gasteiger partial charge is 0.248 e. The van der Waals surface area contributed by atoms with E-state index in [1.54, 1.807) is 6.07 Å². The predicted molar refractivity (Wildman–Crippen MR) is 57.0 cm³/mol. The van der Waals surface area contributed by atoms with Crippen LogP contribution in [0.25, 0.3) is 10.9 Å². The highest BCUT2D eigenvalue weighted by molar-refractivity contribution is 6.06. The molecule has 1 aromatic carbocycles. The molecule has 0 bridgehead atoms. The van der Waals surface area contributed by atoms with E-state index in [9.17, 15) is 14.9 Å². The van der Waals surface area contributed by atoms with Crippen LogP contribution in [0.1, 0.15) is 28.5 Å². The van der Waals surface area contributed by atoms with Crippen LogP contribution < -0.4 is 0 Å². The molecule has 3 rings (SSSR count). The lowest BCUT2D eigenvalue weighted by atomic mass is 10.1. The lowest BCUT2D eigenvalue weighted by Gasteiger charge is -2.00. The van der Waals surface area contributed by atoms with E-state index >= 15 is 0 Å². The maximum atomic E-state index is 11.6. The molecule has 5 heteroatoms. The van der Waals surface area contributed by atoms with Gasteiger partial charge in [-0.1, -0.05) is 18.2 Å². The second-order valence-electron chi connectivity index (χ2n) is 3.89. The number of aromatic amines is 1. The molecule has 1 aliphatic rings. The van der Waals surface area contributed by atoms with Gasteiger partial charge in [0, 0.05) is 15.8 Å². The molecule has 0 spiro atoms. The van der Waals surface area contributed by atoms with Crippen molar-refractivity contribution in [2.24, 2.45) is 0 Å². The summed E-state index contributed by atoms with van der Waals surface area (Å²) in [7, 11) is 0. The topological polar surface area (TPSA) is 76.0 Å². The van der Waals surface area contributed by atoms with Crippen molar-refractivity contribution in [3.05, 3.63) is 45.6 Å². The molecule has 1 atom stereocenters. The number of nitrogens with one attached hydrogen (secondary N) is 1. The molecule has 0 aliphatic heterocycles. The fourth-order valence-electron chi connectivity index (χ4n) is 2.29. The van der Waals surface area contributed by atoms with Gasteiger partial charge in [-0.15, -0.1) is 0 Å². The van der Waals surface area contributed by atoms with Crippen LogP contribution in [-0.4, -0.2) is 15.7 Å². The Bertz CT molecular complexity index is 615. The SMILES string of the molecule is O=C1CC([N+](=O)[O-])c2c1[nH]c1ccccc21. The van der Waals surface area contributed by atoms with Gasteiger partial charge in [0.2, 0.25) is 6.04 Å². The molecule has 0 fully saturated rings. The second-order valence-corrected chi connectivity index (χ2v) is 3.89. The Morgan fingerprint density at radius 3 is 2.88 bits per heavy atom. The predicted octanol–water partition coefficient (Wildman–Crippen LogP) is 2.07. The second kappa shape index (κ2) is 2.91. The molecule has 0 amide bonds. The Morgan fingerprint density at radius 2 is 2.12 bits per heavy atom. The fourth-order valence-corrected chi connectivity index (χ4v) is 2.29. The largest absolute Gasteiger partial charge is 0.352 e. The number of hydrogen-bond donors (Lipinski definition) is 1. The van der Waals surface area contributed by atoms with Crippen molar-refractivity contribution in [2.45, 2.75) is 12.5 Å². The zero-order valence-corrected chi connectivity index (χ0v) is 8.27. The summed E-state index contributed by atoms with van der Waals surface area (Å²) in [5.74, 6) is -0.173. The van der Waals surface area contributed by atoms with E-state index in [0.29, 0.717) is 11.3 Å². The number of nitro groups is 1. The van der Waals surface area contributed by atoms with E-state index in [4.69, 9.17) is 0 Å². The lowest BCUT2D eigenvalue weighted by molar-refractivity contribution is -0.526. The van der Waals surface area contributed by atoms with Gasteiger partial charge < -0.3 is 4.98 Å². The average molecular weight is 216 g/mol. The van der Waals surface area contributed by atoms with E-state index in [1.165, 1.54) is 0 Å². The monoisotopic (exact) mass is 216 g/mol. The minimum Gasteiger partial charge on any atom is -0.352 e. The summed E-state index contributed by atoms with van der Waals surface area (Å²) in [6, 6.07) is 6.38. The molecule has 0 radical (unpaired) electrons. The van der Waals surface area contributed by atoms with Crippen molar-refractivity contribution in [3.8, 4) is 0 Å². The number of carbonyl (C=O) groups excluding carboxylic acids is 1. The number of H-pyrrole nitrogens is 1. The van der Waals surface area contributed by atoms with Crippen LogP contribution in [0.2, 0.25) is 0 Å². The first kappa shape index (κ1) is 9.08. The van der Waals surface area contributed by atoms with Crippen molar-refractivity contribution in [1.82, 2.24) is 4.98 Å². The molecule has 0 saturated carbocycles. The number of rotatable bonds is 1. The number of benzene rings is 1. The van der Waals surface area contributed by atoms with Gasteiger partial charge in [-0.2, -0.15) is 0 Å². The number of carbonyl (C=O) groups is 1. The van der Waals surface area contributed by atoms with Crippen LogP contribution >= 0.6 is 0 Å². The quantitative estimate of drug-likeness (QED) is 0.585. The Labute approximate surface area is 90.2 Å². The summed E-state index contributed by atoms with van der Waals surface area (Å²) in [5, 5.41) is 11.7. The van der Waals surface area contributed by atoms with Crippen LogP contribution in [0.3, 0.4) is 0 Å². The number of aromatic nitrogens is 1. The van der Waals surface area contributed by atoms with Gasteiger partial charge in [-0.3, -0.25) is 14.9 Å². The van der Waals surface area contributed by atoms with E-state index in [2.05, 4.69) is 4.98 Å². The van der Waals surface area contributed by atoms with Gasteiger partial charge in [0.25, 0.3) is 0 Å². The molecule has 1 unspecified atom stereocenters. The van der Waals surface area contributed by atoms with Crippen LogP contribution in [0, 0.1) is 10.1 Å². The van der Waals surface area contributed by atoms with Crippen molar-refractivity contribution < 1.29 is 9.72 Å². The minimum absolute atomic E-state index is 0.0288. The van der Waals surface area contributed by atoms with Crippen LogP contribution in [0.4, 0.5) is 0 Å². The number of para-hydroxylation sites is 1. The highest BCUT2D eigenvalue weighted by atomic mass is 16.6. The average Bonchev–Trinajstić information content (AvgIpc) is 2.77. The Balaban J connectivity index is 2.35. The minimum atomic E-state index is -0.890. The number of nitrogens with zero attached hydrogens (tertiary/aromatic N) is 1. The molecule has 16 heavy (non-hydrogen) atoms. The van der Waals surface area contributed by atoms with Gasteiger partial charge in [0.15, 0.2) is 5.78 Å². The fraction of sp³-hybridized carbons (Fsp3) is 0.182. The number of hydrogen-bond acceptors (Lipinski definition) is 3. The van der Waals surface area contributed by atoms with Crippen molar-refractivity contribution in [2.75, 3.05) is 0 Å². The molecular formula is C11H8N2O3. The first-order chi connectivity index (χ1) is 7.68. The third kappa shape index (κ3) is 1.02. The third-order valence-corrected chi connectivity index (χ3v) is 2.99. The normalized spacial score (nSPS) is 19.0. The van der Waals surface area contributed by atoms with Crippen LogP contribution in [-0.2, 0) is 0 Å². The number of fused-ring (bicyclic) bond motifs is 3. The van der Waals surface area contributed by atoms with Crippen molar-refractivity contribution in [1.29, 1.82) is 0 Å². The molecule has 1 N–H and O–H groups in total. The molecule has 2 aromatic rings.